The lowest BCUT2D eigenvalue weighted by Gasteiger charge is -2.32. The van der Waals surface area contributed by atoms with Gasteiger partial charge in [-0.3, -0.25) is 9.89 Å². The summed E-state index contributed by atoms with van der Waals surface area (Å²) in [5.41, 5.74) is 2.02. The van der Waals surface area contributed by atoms with Gasteiger partial charge in [-0.15, -0.1) is 0 Å². The summed E-state index contributed by atoms with van der Waals surface area (Å²) in [5.74, 6) is -0.111. The van der Waals surface area contributed by atoms with Gasteiger partial charge in [0.25, 0.3) is 5.91 Å². The summed E-state index contributed by atoms with van der Waals surface area (Å²) in [7, 11) is 0. The van der Waals surface area contributed by atoms with E-state index >= 15 is 0 Å². The molecule has 8 heteroatoms. The van der Waals surface area contributed by atoms with Gasteiger partial charge in [-0.05, 0) is 18.2 Å². The zero-order chi connectivity index (χ0) is 19.5. The Bertz CT molecular complexity index is 971. The van der Waals surface area contributed by atoms with Crippen LogP contribution in [0.4, 0.5) is 0 Å². The monoisotopic (exact) mass is 419 g/mol. The highest BCUT2D eigenvalue weighted by atomic mass is 35.5. The fourth-order valence-electron chi connectivity index (χ4n) is 3.24. The van der Waals surface area contributed by atoms with Crippen LogP contribution < -0.4 is 0 Å². The van der Waals surface area contributed by atoms with E-state index in [-0.39, 0.29) is 18.6 Å². The third-order valence-corrected chi connectivity index (χ3v) is 5.42. The number of halogens is 2. The van der Waals surface area contributed by atoms with Crippen molar-refractivity contribution in [3.8, 4) is 0 Å². The number of benzene rings is 2. The van der Waals surface area contributed by atoms with Crippen LogP contribution in [0.5, 0.6) is 0 Å². The summed E-state index contributed by atoms with van der Waals surface area (Å²) in [6.45, 7) is 2.04. The first-order valence-electron chi connectivity index (χ1n) is 8.98. The maximum atomic E-state index is 12.9. The molecule has 3 aromatic rings. The molecule has 0 bridgehead atoms. The number of aromatic amines is 1. The number of hydrogen-bond acceptors (Lipinski definition) is 4. The van der Waals surface area contributed by atoms with Gasteiger partial charge in [-0.1, -0.05) is 47.5 Å². The molecule has 0 aliphatic carbocycles. The molecule has 0 spiro atoms. The second-order valence-corrected chi connectivity index (χ2v) is 7.39. The van der Waals surface area contributed by atoms with E-state index in [4.69, 9.17) is 32.7 Å². The van der Waals surface area contributed by atoms with Gasteiger partial charge in [-0.25, -0.2) is 0 Å². The summed E-state index contributed by atoms with van der Waals surface area (Å²) in [5, 5.41) is 9.06. The van der Waals surface area contributed by atoms with Crippen LogP contribution in [0.15, 0.2) is 42.5 Å². The number of amides is 1. The van der Waals surface area contributed by atoms with Crippen LogP contribution >= 0.6 is 23.2 Å². The van der Waals surface area contributed by atoms with Crippen LogP contribution in [0.1, 0.15) is 16.1 Å². The van der Waals surface area contributed by atoms with Crippen molar-refractivity contribution in [3.63, 3.8) is 0 Å². The number of nitrogens with one attached hydrogen (secondary N) is 1. The van der Waals surface area contributed by atoms with E-state index in [1.807, 2.05) is 24.3 Å². The number of ether oxygens (including phenoxy) is 2. The highest BCUT2D eigenvalue weighted by Gasteiger charge is 2.27. The molecule has 0 saturated carbocycles. The van der Waals surface area contributed by atoms with Crippen molar-refractivity contribution in [3.05, 3.63) is 63.8 Å². The van der Waals surface area contributed by atoms with Crippen LogP contribution in [0.3, 0.4) is 0 Å². The van der Waals surface area contributed by atoms with Gasteiger partial charge in [0.15, 0.2) is 5.69 Å². The van der Waals surface area contributed by atoms with Gasteiger partial charge >= 0.3 is 0 Å². The maximum absolute atomic E-state index is 12.9. The van der Waals surface area contributed by atoms with Crippen molar-refractivity contribution < 1.29 is 14.3 Å². The number of carbonyl (C=O) groups excluding carboxylic acids is 1. The Morgan fingerprint density at radius 1 is 1.21 bits per heavy atom. The van der Waals surface area contributed by atoms with E-state index in [2.05, 4.69) is 10.2 Å². The molecule has 1 amide bonds. The van der Waals surface area contributed by atoms with Gasteiger partial charge in [0.05, 0.1) is 31.4 Å². The molecule has 2 heterocycles. The maximum Gasteiger partial charge on any atom is 0.275 e. The number of carbonyl (C=O) groups is 1. The smallest absolute Gasteiger partial charge is 0.275 e. The minimum atomic E-state index is -0.218. The molecule has 0 radical (unpaired) electrons. The van der Waals surface area contributed by atoms with E-state index in [1.54, 1.807) is 23.1 Å². The van der Waals surface area contributed by atoms with Crippen LogP contribution in [0.25, 0.3) is 10.9 Å². The summed E-state index contributed by atoms with van der Waals surface area (Å²) < 4.78 is 11.5. The number of nitrogens with zero attached hydrogens (tertiary/aromatic N) is 2. The van der Waals surface area contributed by atoms with Crippen LogP contribution in [0, 0.1) is 0 Å². The topological polar surface area (TPSA) is 67.5 Å². The number of aromatic nitrogens is 2. The second-order valence-electron chi connectivity index (χ2n) is 6.58. The molecular weight excluding hydrogens is 401 g/mol. The van der Waals surface area contributed by atoms with Crippen LogP contribution in [-0.2, 0) is 16.1 Å². The zero-order valence-corrected chi connectivity index (χ0v) is 16.5. The van der Waals surface area contributed by atoms with Gasteiger partial charge in [0.2, 0.25) is 0 Å². The molecule has 2 aromatic carbocycles. The Kier molecular flexibility index (Phi) is 5.82. The van der Waals surface area contributed by atoms with E-state index in [1.165, 1.54) is 0 Å². The third kappa shape index (κ3) is 4.00. The van der Waals surface area contributed by atoms with Crippen LogP contribution in [0.2, 0.25) is 10.0 Å². The van der Waals surface area contributed by atoms with Gasteiger partial charge in [-0.2, -0.15) is 5.10 Å². The van der Waals surface area contributed by atoms with Crippen LogP contribution in [-0.4, -0.2) is 53.4 Å². The number of hydrogen-bond donors (Lipinski definition) is 1. The van der Waals surface area contributed by atoms with Gasteiger partial charge < -0.3 is 14.4 Å². The number of H-pyrrole nitrogens is 1. The lowest BCUT2D eigenvalue weighted by molar-refractivity contribution is -0.0647. The van der Waals surface area contributed by atoms with Gasteiger partial charge in [0.1, 0.15) is 0 Å². The van der Waals surface area contributed by atoms with Gasteiger partial charge in [0, 0.05) is 34.1 Å². The molecule has 1 aromatic heterocycles. The fraction of sp³-hybridized carbons (Fsp3) is 0.300. The zero-order valence-electron chi connectivity index (χ0n) is 15.0. The minimum absolute atomic E-state index is 0.111. The standard InChI is InChI=1S/C20H19Cl2N3O3/c21-16-5-3-6-17(22)15(16)12-27-11-13-10-25(8-9-28-13)20(26)19-14-4-1-2-7-18(14)23-24-19/h1-7,13H,8-12H2,(H,23,24). The van der Waals surface area contributed by atoms with E-state index in [0.29, 0.717) is 42.0 Å². The second kappa shape index (κ2) is 8.49. The molecule has 146 valence electrons. The number of para-hydroxylation sites is 1. The average Bonchev–Trinajstić information content (AvgIpc) is 3.14. The Labute approximate surface area is 172 Å². The quantitative estimate of drug-likeness (QED) is 0.680. The molecular formula is C20H19Cl2N3O3. The first-order chi connectivity index (χ1) is 13.6. The van der Waals surface area contributed by atoms with Crippen molar-refractivity contribution in [2.45, 2.75) is 12.7 Å². The lowest BCUT2D eigenvalue weighted by atomic mass is 10.2. The number of morpholine rings is 1. The Hall–Kier alpha value is -2.12. The van der Waals surface area contributed by atoms with Crippen molar-refractivity contribution in [2.75, 3.05) is 26.3 Å². The fourth-order valence-corrected chi connectivity index (χ4v) is 3.75. The predicted octanol–water partition coefficient (Wildman–Crippen LogP) is 3.93. The Morgan fingerprint density at radius 3 is 2.82 bits per heavy atom. The van der Waals surface area contributed by atoms with E-state index in [9.17, 15) is 4.79 Å². The molecule has 1 aliphatic heterocycles. The Morgan fingerprint density at radius 2 is 2.00 bits per heavy atom. The van der Waals surface area contributed by atoms with Crippen molar-refractivity contribution in [2.24, 2.45) is 0 Å². The summed E-state index contributed by atoms with van der Waals surface area (Å²) in [6, 6.07) is 12.9. The molecule has 4 rings (SSSR count). The normalized spacial score (nSPS) is 17.2. The largest absolute Gasteiger partial charge is 0.374 e. The predicted molar refractivity (Wildman–Crippen MR) is 108 cm³/mol. The van der Waals surface area contributed by atoms with E-state index in [0.717, 1.165) is 16.5 Å². The molecule has 6 nitrogen and oxygen atoms in total. The summed E-state index contributed by atoms with van der Waals surface area (Å²) >= 11 is 12.3. The SMILES string of the molecule is O=C(c1n[nH]c2ccccc12)N1CCOC(COCc2c(Cl)cccc2Cl)C1. The molecule has 1 N–H and O–H groups in total. The molecule has 1 unspecified atom stereocenters. The Balaban J connectivity index is 1.37. The summed E-state index contributed by atoms with van der Waals surface area (Å²) in [6.07, 6.45) is -0.218. The van der Waals surface area contributed by atoms with Crippen molar-refractivity contribution in [1.29, 1.82) is 0 Å². The summed E-state index contributed by atoms with van der Waals surface area (Å²) in [4.78, 5) is 14.7. The van der Waals surface area contributed by atoms with Crippen molar-refractivity contribution in [1.82, 2.24) is 15.1 Å². The average molecular weight is 420 g/mol. The highest BCUT2D eigenvalue weighted by Crippen LogP contribution is 2.25. The molecule has 28 heavy (non-hydrogen) atoms. The highest BCUT2D eigenvalue weighted by molar-refractivity contribution is 6.35. The van der Waals surface area contributed by atoms with E-state index < -0.39 is 0 Å². The number of fused-ring (bicyclic) bond motifs is 1. The first-order valence-corrected chi connectivity index (χ1v) is 9.73. The minimum Gasteiger partial charge on any atom is -0.374 e. The molecule has 1 fully saturated rings. The molecule has 1 atom stereocenters. The van der Waals surface area contributed by atoms with Crippen molar-refractivity contribution >= 4 is 40.0 Å². The molecule has 1 saturated heterocycles. The number of rotatable bonds is 5. The first kappa shape index (κ1) is 19.2. The lowest BCUT2D eigenvalue weighted by Crippen LogP contribution is -2.47. The molecule has 1 aliphatic rings. The third-order valence-electron chi connectivity index (χ3n) is 4.71.